The molecule has 2 aromatic rings. The van der Waals surface area contributed by atoms with Crippen molar-refractivity contribution in [2.45, 2.75) is 12.8 Å². The lowest BCUT2D eigenvalue weighted by molar-refractivity contribution is -0.136. The number of hydrogen-bond acceptors (Lipinski definition) is 3. The van der Waals surface area contributed by atoms with Gasteiger partial charge in [-0.1, -0.05) is 42.5 Å². The van der Waals surface area contributed by atoms with E-state index in [2.05, 4.69) is 24.3 Å². The normalized spacial score (nSPS) is 10.4. The molecule has 0 saturated heterocycles. The highest BCUT2D eigenvalue weighted by atomic mass is 32.2. The topological polar surface area (TPSA) is 46.5 Å². The minimum Gasteiger partial charge on any atom is -0.494 e. The Morgan fingerprint density at radius 3 is 2.32 bits per heavy atom. The zero-order valence-electron chi connectivity index (χ0n) is 12.4. The molecule has 0 bridgehead atoms. The van der Waals surface area contributed by atoms with E-state index < -0.39 is 5.97 Å². The first-order valence-electron chi connectivity index (χ1n) is 7.33. The second kappa shape index (κ2) is 9.15. The van der Waals surface area contributed by atoms with Gasteiger partial charge in [-0.3, -0.25) is 4.79 Å². The van der Waals surface area contributed by atoms with Crippen molar-refractivity contribution >= 4 is 17.7 Å². The number of rotatable bonds is 9. The standard InChI is InChI=1S/C18H20O3S/c19-18(20)11-14-22-13-4-12-21-17-9-7-16(8-10-17)15-5-2-1-3-6-15/h1-3,5-10H,4,11-14H2,(H,19,20). The zero-order valence-corrected chi connectivity index (χ0v) is 13.2. The third-order valence-corrected chi connectivity index (χ3v) is 4.19. The molecule has 2 rings (SSSR count). The van der Waals surface area contributed by atoms with Crippen molar-refractivity contribution in [1.29, 1.82) is 0 Å². The fraction of sp³-hybridized carbons (Fsp3) is 0.278. The van der Waals surface area contributed by atoms with Crippen LogP contribution >= 0.6 is 11.8 Å². The number of ether oxygens (including phenoxy) is 1. The van der Waals surface area contributed by atoms with Gasteiger partial charge >= 0.3 is 5.97 Å². The summed E-state index contributed by atoms with van der Waals surface area (Å²) < 4.78 is 5.69. The van der Waals surface area contributed by atoms with Gasteiger partial charge in [0.25, 0.3) is 0 Å². The third kappa shape index (κ3) is 5.82. The van der Waals surface area contributed by atoms with Crippen molar-refractivity contribution in [2.75, 3.05) is 18.1 Å². The molecule has 0 heterocycles. The van der Waals surface area contributed by atoms with E-state index in [1.54, 1.807) is 11.8 Å². The van der Waals surface area contributed by atoms with E-state index >= 15 is 0 Å². The van der Waals surface area contributed by atoms with Crippen molar-refractivity contribution in [3.05, 3.63) is 54.6 Å². The van der Waals surface area contributed by atoms with Crippen LogP contribution in [0.2, 0.25) is 0 Å². The summed E-state index contributed by atoms with van der Waals surface area (Å²) in [6.07, 6.45) is 1.15. The largest absolute Gasteiger partial charge is 0.494 e. The van der Waals surface area contributed by atoms with Crippen LogP contribution in [-0.4, -0.2) is 29.2 Å². The maximum Gasteiger partial charge on any atom is 0.304 e. The molecule has 0 aliphatic rings. The molecule has 0 aliphatic carbocycles. The van der Waals surface area contributed by atoms with Gasteiger partial charge in [-0.15, -0.1) is 0 Å². The minimum absolute atomic E-state index is 0.229. The second-order valence-corrected chi connectivity index (χ2v) is 6.07. The van der Waals surface area contributed by atoms with Gasteiger partial charge in [0, 0.05) is 5.75 Å². The highest BCUT2D eigenvalue weighted by Gasteiger charge is 1.99. The van der Waals surface area contributed by atoms with E-state index in [9.17, 15) is 4.79 Å². The summed E-state index contributed by atoms with van der Waals surface area (Å²) in [6.45, 7) is 0.657. The SMILES string of the molecule is O=C(O)CCSCCCOc1ccc(-c2ccccc2)cc1. The summed E-state index contributed by atoms with van der Waals surface area (Å²) in [5, 5.41) is 8.53. The highest BCUT2D eigenvalue weighted by molar-refractivity contribution is 7.99. The van der Waals surface area contributed by atoms with E-state index in [0.717, 1.165) is 17.9 Å². The van der Waals surface area contributed by atoms with Crippen LogP contribution < -0.4 is 4.74 Å². The highest BCUT2D eigenvalue weighted by Crippen LogP contribution is 2.22. The first kappa shape index (κ1) is 16.4. The van der Waals surface area contributed by atoms with E-state index in [-0.39, 0.29) is 6.42 Å². The third-order valence-electron chi connectivity index (χ3n) is 3.12. The second-order valence-electron chi connectivity index (χ2n) is 4.85. The van der Waals surface area contributed by atoms with Gasteiger partial charge < -0.3 is 9.84 Å². The van der Waals surface area contributed by atoms with Crippen molar-refractivity contribution in [3.8, 4) is 16.9 Å². The lowest BCUT2D eigenvalue weighted by atomic mass is 10.1. The molecule has 116 valence electrons. The molecule has 0 radical (unpaired) electrons. The van der Waals surface area contributed by atoms with Crippen molar-refractivity contribution < 1.29 is 14.6 Å². The lowest BCUT2D eigenvalue weighted by Gasteiger charge is -2.07. The van der Waals surface area contributed by atoms with Gasteiger partial charge in [0.2, 0.25) is 0 Å². The van der Waals surface area contributed by atoms with Gasteiger partial charge in [-0.25, -0.2) is 0 Å². The summed E-state index contributed by atoms with van der Waals surface area (Å²) >= 11 is 1.66. The molecule has 1 N–H and O–H groups in total. The van der Waals surface area contributed by atoms with Crippen LogP contribution in [0.1, 0.15) is 12.8 Å². The molecule has 0 amide bonds. The Morgan fingerprint density at radius 2 is 1.64 bits per heavy atom. The molecule has 0 spiro atoms. The van der Waals surface area contributed by atoms with E-state index in [4.69, 9.17) is 9.84 Å². The molecule has 0 atom stereocenters. The smallest absolute Gasteiger partial charge is 0.304 e. The number of benzene rings is 2. The summed E-state index contributed by atoms with van der Waals surface area (Å²) in [7, 11) is 0. The Kier molecular flexibility index (Phi) is 6.84. The Hall–Kier alpha value is -1.94. The van der Waals surface area contributed by atoms with Crippen molar-refractivity contribution in [1.82, 2.24) is 0 Å². The molecule has 4 heteroatoms. The van der Waals surface area contributed by atoms with Gasteiger partial charge in [-0.2, -0.15) is 11.8 Å². The molecule has 0 fully saturated rings. The average molecular weight is 316 g/mol. The molecule has 2 aromatic carbocycles. The van der Waals surface area contributed by atoms with Crippen LogP contribution in [0.4, 0.5) is 0 Å². The summed E-state index contributed by atoms with van der Waals surface area (Å²) in [5.41, 5.74) is 2.38. The van der Waals surface area contributed by atoms with E-state index in [1.807, 2.05) is 30.3 Å². The van der Waals surface area contributed by atoms with Gasteiger partial charge in [0.05, 0.1) is 13.0 Å². The molecular weight excluding hydrogens is 296 g/mol. The molecular formula is C18H20O3S. The number of thioether (sulfide) groups is 1. The predicted molar refractivity (Wildman–Crippen MR) is 91.6 cm³/mol. The molecule has 0 aliphatic heterocycles. The number of hydrogen-bond donors (Lipinski definition) is 1. The van der Waals surface area contributed by atoms with Crippen LogP contribution in [-0.2, 0) is 4.79 Å². The maximum absolute atomic E-state index is 10.4. The summed E-state index contributed by atoms with van der Waals surface area (Å²) in [6, 6.07) is 18.3. The quantitative estimate of drug-likeness (QED) is 0.699. The Labute approximate surface area is 135 Å². The molecule has 0 aromatic heterocycles. The molecule has 3 nitrogen and oxygen atoms in total. The Morgan fingerprint density at radius 1 is 0.955 bits per heavy atom. The number of carbonyl (C=O) groups is 1. The van der Waals surface area contributed by atoms with Crippen LogP contribution in [0.3, 0.4) is 0 Å². The molecule has 22 heavy (non-hydrogen) atoms. The zero-order chi connectivity index (χ0) is 15.6. The van der Waals surface area contributed by atoms with Gasteiger partial charge in [0.15, 0.2) is 0 Å². The predicted octanol–water partition coefficient (Wildman–Crippen LogP) is 4.33. The summed E-state index contributed by atoms with van der Waals surface area (Å²) in [4.78, 5) is 10.4. The Balaban J connectivity index is 1.68. The monoisotopic (exact) mass is 316 g/mol. The number of aliphatic carboxylic acids is 1. The Bertz CT molecular complexity index is 567. The number of carboxylic acid groups (broad SMARTS) is 1. The van der Waals surface area contributed by atoms with Gasteiger partial charge in [-0.05, 0) is 35.4 Å². The van der Waals surface area contributed by atoms with Crippen LogP contribution in [0, 0.1) is 0 Å². The minimum atomic E-state index is -0.734. The summed E-state index contributed by atoms with van der Waals surface area (Å²) in [5.74, 6) is 1.73. The van der Waals surface area contributed by atoms with Gasteiger partial charge in [0.1, 0.15) is 5.75 Å². The first-order valence-corrected chi connectivity index (χ1v) is 8.49. The van der Waals surface area contributed by atoms with Crippen molar-refractivity contribution in [2.24, 2.45) is 0 Å². The van der Waals surface area contributed by atoms with E-state index in [1.165, 1.54) is 11.1 Å². The fourth-order valence-electron chi connectivity index (χ4n) is 1.99. The van der Waals surface area contributed by atoms with Crippen LogP contribution in [0.15, 0.2) is 54.6 Å². The maximum atomic E-state index is 10.4. The average Bonchev–Trinajstić information content (AvgIpc) is 2.55. The molecule has 0 unspecified atom stereocenters. The molecule has 0 saturated carbocycles. The van der Waals surface area contributed by atoms with Crippen LogP contribution in [0.5, 0.6) is 5.75 Å². The van der Waals surface area contributed by atoms with E-state index in [0.29, 0.717) is 12.4 Å². The van der Waals surface area contributed by atoms with Crippen molar-refractivity contribution in [3.63, 3.8) is 0 Å². The first-order chi connectivity index (χ1) is 10.8. The van der Waals surface area contributed by atoms with Crippen LogP contribution in [0.25, 0.3) is 11.1 Å². The number of carboxylic acids is 1. The fourth-order valence-corrected chi connectivity index (χ4v) is 2.83. The lowest BCUT2D eigenvalue weighted by Crippen LogP contribution is -2.00.